The third kappa shape index (κ3) is 5.92. The van der Waals surface area contributed by atoms with Gasteiger partial charge in [-0.2, -0.15) is 0 Å². The van der Waals surface area contributed by atoms with Gasteiger partial charge in [-0.05, 0) is 24.1 Å². The van der Waals surface area contributed by atoms with Gasteiger partial charge in [-0.1, -0.05) is 48.0 Å². The van der Waals surface area contributed by atoms with E-state index in [-0.39, 0.29) is 12.3 Å². The maximum Gasteiger partial charge on any atom is 0.230 e. The van der Waals surface area contributed by atoms with E-state index in [0.717, 1.165) is 5.56 Å². The van der Waals surface area contributed by atoms with Crippen LogP contribution in [0.2, 0.25) is 5.02 Å². The van der Waals surface area contributed by atoms with Crippen molar-refractivity contribution in [1.82, 2.24) is 5.48 Å². The Morgan fingerprint density at radius 1 is 1.12 bits per heavy atom. The molecule has 0 saturated heterocycles. The first-order valence-electron chi connectivity index (χ1n) is 7.73. The Morgan fingerprint density at radius 3 is 2.12 bits per heavy atom. The Balaban J connectivity index is 0.000000187. The summed E-state index contributed by atoms with van der Waals surface area (Å²) in [5, 5.41) is 7.77. The quantitative estimate of drug-likeness (QED) is 0.482. The molecule has 0 aromatic heterocycles. The number of rotatable bonds is 2. The summed E-state index contributed by atoms with van der Waals surface area (Å²) in [6.07, 6.45) is 0.0549. The Morgan fingerprint density at radius 2 is 1.64 bits per heavy atom. The third-order valence-electron chi connectivity index (χ3n) is 3.48. The van der Waals surface area contributed by atoms with E-state index in [2.05, 4.69) is 0 Å². The number of benzene rings is 2. The molecule has 1 amide bonds. The lowest BCUT2D eigenvalue weighted by molar-refractivity contribution is -0.116. The highest BCUT2D eigenvalue weighted by Crippen LogP contribution is 2.48. The second-order valence-corrected chi connectivity index (χ2v) is 5.69. The van der Waals surface area contributed by atoms with Gasteiger partial charge in [0.1, 0.15) is 19.4 Å². The minimum atomic E-state index is -0.719. The van der Waals surface area contributed by atoms with Gasteiger partial charge in [0.15, 0.2) is 11.5 Å². The largest absolute Gasteiger partial charge is 0.486 e. The fourth-order valence-corrected chi connectivity index (χ4v) is 2.51. The minimum Gasteiger partial charge on any atom is -0.486 e. The van der Waals surface area contributed by atoms with Gasteiger partial charge in [-0.15, -0.1) is 0 Å². The van der Waals surface area contributed by atoms with Crippen LogP contribution in [0.15, 0.2) is 48.5 Å². The van der Waals surface area contributed by atoms with Crippen LogP contribution in [0.1, 0.15) is 17.9 Å². The molecule has 0 bridgehead atoms. The third-order valence-corrected chi connectivity index (χ3v) is 3.76. The monoisotopic (exact) mass is 367 g/mol. The number of ether oxygens (including phenoxy) is 2. The number of fused-ring (bicyclic) bond motifs is 1. The van der Waals surface area contributed by atoms with Crippen LogP contribution >= 0.6 is 11.6 Å². The molecular weight excluding hydrogens is 349 g/mol. The minimum absolute atomic E-state index is 0.00155. The summed E-state index contributed by atoms with van der Waals surface area (Å²) in [6, 6.07) is 15.6. The summed E-state index contributed by atoms with van der Waals surface area (Å²) in [5.41, 5.74) is 2.16. The Kier molecular flexibility index (Phi) is 7.50. The summed E-state index contributed by atoms with van der Waals surface area (Å²) >= 11 is 6.04. The predicted octanol–water partition coefficient (Wildman–Crippen LogP) is 3.74. The van der Waals surface area contributed by atoms with E-state index in [4.69, 9.17) is 31.1 Å². The maximum atomic E-state index is 12.9. The van der Waals surface area contributed by atoms with E-state index in [9.17, 15) is 4.39 Å². The van der Waals surface area contributed by atoms with Crippen LogP contribution < -0.4 is 15.0 Å². The molecule has 2 atom stereocenters. The van der Waals surface area contributed by atoms with E-state index in [1.165, 1.54) is 5.48 Å². The summed E-state index contributed by atoms with van der Waals surface area (Å²) < 4.78 is 23.7. The van der Waals surface area contributed by atoms with Crippen LogP contribution in [-0.4, -0.2) is 31.0 Å². The number of nitrogens with one attached hydrogen (secondary N) is 1. The van der Waals surface area contributed by atoms with Crippen molar-refractivity contribution in [1.29, 1.82) is 0 Å². The van der Waals surface area contributed by atoms with Crippen molar-refractivity contribution >= 4 is 18.0 Å². The van der Waals surface area contributed by atoms with Crippen LogP contribution in [0, 0.1) is 0 Å². The van der Waals surface area contributed by atoms with Gasteiger partial charge in [0.05, 0.1) is 5.02 Å². The van der Waals surface area contributed by atoms with Crippen molar-refractivity contribution < 1.29 is 23.9 Å². The average Bonchev–Trinajstić information content (AvgIpc) is 3.41. The van der Waals surface area contributed by atoms with Gasteiger partial charge in [0.25, 0.3) is 0 Å². The summed E-state index contributed by atoms with van der Waals surface area (Å²) in [6.45, 7) is 1.04. The van der Waals surface area contributed by atoms with E-state index in [1.807, 2.05) is 42.5 Å². The molecule has 25 heavy (non-hydrogen) atoms. The molecule has 5 nitrogen and oxygen atoms in total. The molecular formula is C18H19ClFNO4. The topological polar surface area (TPSA) is 67.8 Å². The average molecular weight is 368 g/mol. The molecule has 1 aliphatic heterocycles. The lowest BCUT2D eigenvalue weighted by Gasteiger charge is -2.20. The fourth-order valence-electron chi connectivity index (χ4n) is 2.24. The van der Waals surface area contributed by atoms with E-state index in [0.29, 0.717) is 36.2 Å². The second-order valence-electron chi connectivity index (χ2n) is 5.29. The molecule has 1 fully saturated rings. The van der Waals surface area contributed by atoms with Crippen molar-refractivity contribution in [3.05, 3.63) is 59.1 Å². The van der Waals surface area contributed by atoms with Crippen molar-refractivity contribution in [2.45, 2.75) is 18.5 Å². The van der Waals surface area contributed by atoms with Gasteiger partial charge in [0.2, 0.25) is 6.41 Å². The van der Waals surface area contributed by atoms with Crippen LogP contribution in [0.3, 0.4) is 0 Å². The van der Waals surface area contributed by atoms with Gasteiger partial charge >= 0.3 is 0 Å². The first kappa shape index (κ1) is 19.0. The summed E-state index contributed by atoms with van der Waals surface area (Å²) in [7, 11) is 0. The molecule has 0 radical (unpaired) electrons. The number of hydroxylamine groups is 1. The molecule has 134 valence electrons. The lowest BCUT2D eigenvalue weighted by Crippen LogP contribution is -2.15. The van der Waals surface area contributed by atoms with E-state index in [1.54, 1.807) is 6.07 Å². The first-order chi connectivity index (χ1) is 12.2. The molecule has 1 heterocycles. The van der Waals surface area contributed by atoms with Crippen LogP contribution in [0.5, 0.6) is 11.5 Å². The predicted molar refractivity (Wildman–Crippen MR) is 92.1 cm³/mol. The van der Waals surface area contributed by atoms with Crippen molar-refractivity contribution in [3.63, 3.8) is 0 Å². The maximum absolute atomic E-state index is 12.9. The Labute approximate surface area is 150 Å². The number of hydrogen-bond donors (Lipinski definition) is 2. The number of amides is 1. The number of carbonyl (C=O) groups excluding carboxylic acids is 1. The van der Waals surface area contributed by atoms with Gasteiger partial charge in [-0.25, -0.2) is 9.87 Å². The molecule has 2 N–H and O–H groups in total. The second kappa shape index (κ2) is 9.86. The molecule has 1 aliphatic carbocycles. The summed E-state index contributed by atoms with van der Waals surface area (Å²) in [5.74, 6) is 1.23. The zero-order valence-corrected chi connectivity index (χ0v) is 14.2. The molecule has 2 aromatic rings. The zero-order valence-electron chi connectivity index (χ0n) is 13.4. The molecule has 4 rings (SSSR count). The standard InChI is InChI=1S/C11H10ClFO2.C6H6.CH3NO2/c12-8-3-6(7-5-9(7)13)4-10-11(8)15-2-1-14-10;1-2-4-6-5-3-1;3-1-2-4/h3-4,7,9H,1-2,5H2;1-6H;1,4H,(H,2,3). The highest BCUT2D eigenvalue weighted by molar-refractivity contribution is 6.32. The number of hydrogen-bond acceptors (Lipinski definition) is 4. The number of alkyl halides is 1. The fraction of sp³-hybridized carbons (Fsp3) is 0.278. The van der Waals surface area contributed by atoms with Gasteiger partial charge in [-0.3, -0.25) is 10.0 Å². The van der Waals surface area contributed by atoms with Crippen LogP contribution in [0.25, 0.3) is 0 Å². The molecule has 2 unspecified atom stereocenters. The van der Waals surface area contributed by atoms with Crippen LogP contribution in [0.4, 0.5) is 4.39 Å². The zero-order chi connectivity index (χ0) is 18.1. The molecule has 1 saturated carbocycles. The van der Waals surface area contributed by atoms with Crippen LogP contribution in [-0.2, 0) is 4.79 Å². The van der Waals surface area contributed by atoms with E-state index < -0.39 is 6.17 Å². The molecule has 2 aliphatic rings. The van der Waals surface area contributed by atoms with Crippen molar-refractivity contribution in [3.8, 4) is 11.5 Å². The SMILES string of the molecule is FC1CC1c1cc(Cl)c2c(c1)OCCO2.O=CNO.c1ccccc1. The van der Waals surface area contributed by atoms with Crippen molar-refractivity contribution in [2.75, 3.05) is 13.2 Å². The molecule has 7 heteroatoms. The highest BCUT2D eigenvalue weighted by atomic mass is 35.5. The van der Waals surface area contributed by atoms with Gasteiger partial charge < -0.3 is 9.47 Å². The highest BCUT2D eigenvalue weighted by Gasteiger charge is 2.39. The first-order valence-corrected chi connectivity index (χ1v) is 8.11. The normalized spacial score (nSPS) is 19.3. The number of halogens is 2. The molecule has 2 aromatic carbocycles. The Bertz CT molecular complexity index is 645. The lowest BCUT2D eigenvalue weighted by atomic mass is 10.1. The molecule has 0 spiro atoms. The number of carbonyl (C=O) groups is 1. The van der Waals surface area contributed by atoms with Gasteiger partial charge in [0, 0.05) is 5.92 Å². The smallest absolute Gasteiger partial charge is 0.230 e. The van der Waals surface area contributed by atoms with Crippen molar-refractivity contribution in [2.24, 2.45) is 0 Å². The Hall–Kier alpha value is -2.31. The van der Waals surface area contributed by atoms with E-state index >= 15 is 0 Å². The summed E-state index contributed by atoms with van der Waals surface area (Å²) in [4.78, 5) is 8.81.